The quantitative estimate of drug-likeness (QED) is 0.423. The lowest BCUT2D eigenvalue weighted by Gasteiger charge is -2.11. The van der Waals surface area contributed by atoms with E-state index in [1.54, 1.807) is 20.3 Å². The second kappa shape index (κ2) is 6.59. The van der Waals surface area contributed by atoms with Crippen molar-refractivity contribution in [3.63, 3.8) is 0 Å². The number of fused-ring (bicyclic) bond motifs is 1. The minimum Gasteiger partial charge on any atom is -0.493 e. The number of para-hydroxylation sites is 2. The molecule has 1 aromatic heterocycles. The van der Waals surface area contributed by atoms with E-state index in [1.165, 1.54) is 0 Å². The first-order chi connectivity index (χ1) is 11.7. The van der Waals surface area contributed by atoms with Gasteiger partial charge in [0, 0.05) is 5.56 Å². The molecule has 0 atom stereocenters. The van der Waals surface area contributed by atoms with E-state index in [2.05, 4.69) is 10.4 Å². The van der Waals surface area contributed by atoms with Gasteiger partial charge in [-0.1, -0.05) is 12.1 Å². The Morgan fingerprint density at radius 1 is 1.17 bits per heavy atom. The lowest BCUT2D eigenvalue weighted by atomic mass is 10.2. The van der Waals surface area contributed by atoms with E-state index in [0.29, 0.717) is 17.3 Å². The predicted octanol–water partition coefficient (Wildman–Crippen LogP) is 1.71. The molecule has 0 bridgehead atoms. The van der Waals surface area contributed by atoms with Crippen molar-refractivity contribution in [3.05, 3.63) is 42.5 Å². The van der Waals surface area contributed by atoms with Gasteiger partial charge in [0.25, 0.3) is 5.91 Å². The highest BCUT2D eigenvalue weighted by molar-refractivity contribution is 5.84. The summed E-state index contributed by atoms with van der Waals surface area (Å²) in [5.41, 5.74) is 4.62. The maximum Gasteiger partial charge on any atom is 0.253 e. The summed E-state index contributed by atoms with van der Waals surface area (Å²) in [6, 6.07) is 13.1. The lowest BCUT2D eigenvalue weighted by molar-refractivity contribution is -0.121. The molecular formula is C17H18N4O3. The van der Waals surface area contributed by atoms with Crippen LogP contribution in [0.25, 0.3) is 22.4 Å². The third-order valence-corrected chi connectivity index (χ3v) is 3.76. The molecule has 3 N–H and O–H groups in total. The fourth-order valence-corrected chi connectivity index (χ4v) is 2.62. The second-order valence-corrected chi connectivity index (χ2v) is 5.15. The van der Waals surface area contributed by atoms with E-state index >= 15 is 0 Å². The van der Waals surface area contributed by atoms with Gasteiger partial charge in [-0.2, -0.15) is 0 Å². The smallest absolute Gasteiger partial charge is 0.253 e. The minimum atomic E-state index is -0.306. The van der Waals surface area contributed by atoms with Crippen molar-refractivity contribution in [2.24, 2.45) is 5.84 Å². The van der Waals surface area contributed by atoms with Gasteiger partial charge >= 0.3 is 0 Å². The molecule has 124 valence electrons. The summed E-state index contributed by atoms with van der Waals surface area (Å²) in [6.07, 6.45) is 0. The molecule has 3 rings (SSSR count). The molecule has 7 heteroatoms. The van der Waals surface area contributed by atoms with Gasteiger partial charge in [-0.05, 0) is 30.3 Å². The molecule has 0 unspecified atom stereocenters. The molecule has 0 aliphatic heterocycles. The summed E-state index contributed by atoms with van der Waals surface area (Å²) in [5, 5.41) is 0. The number of carbonyl (C=O) groups excluding carboxylic acids is 1. The zero-order valence-corrected chi connectivity index (χ0v) is 13.4. The van der Waals surface area contributed by atoms with Gasteiger partial charge in [-0.15, -0.1) is 0 Å². The number of hydrogen-bond donors (Lipinski definition) is 2. The van der Waals surface area contributed by atoms with E-state index in [9.17, 15) is 4.79 Å². The number of amides is 1. The van der Waals surface area contributed by atoms with E-state index < -0.39 is 0 Å². The molecule has 7 nitrogen and oxygen atoms in total. The summed E-state index contributed by atoms with van der Waals surface area (Å²) in [5.74, 6) is 6.81. The van der Waals surface area contributed by atoms with E-state index in [-0.39, 0.29) is 12.5 Å². The molecule has 0 aliphatic carbocycles. The molecular weight excluding hydrogens is 308 g/mol. The normalized spacial score (nSPS) is 10.6. The zero-order chi connectivity index (χ0) is 17.1. The molecule has 0 spiro atoms. The number of nitrogens with zero attached hydrogens (tertiary/aromatic N) is 2. The van der Waals surface area contributed by atoms with Crippen LogP contribution in [-0.4, -0.2) is 29.7 Å². The van der Waals surface area contributed by atoms with Crippen molar-refractivity contribution in [3.8, 4) is 22.9 Å². The third kappa shape index (κ3) is 2.77. The highest BCUT2D eigenvalue weighted by Gasteiger charge is 2.16. The highest BCUT2D eigenvalue weighted by Crippen LogP contribution is 2.33. The largest absolute Gasteiger partial charge is 0.493 e. The maximum atomic E-state index is 11.8. The van der Waals surface area contributed by atoms with Crippen LogP contribution in [0, 0.1) is 0 Å². The van der Waals surface area contributed by atoms with Gasteiger partial charge < -0.3 is 14.0 Å². The van der Waals surface area contributed by atoms with Gasteiger partial charge in [0.1, 0.15) is 12.4 Å². The summed E-state index contributed by atoms with van der Waals surface area (Å²) in [7, 11) is 3.16. The SMILES string of the molecule is COc1ccc(-c2nc3ccccc3n2CC(=O)NN)cc1OC. The Balaban J connectivity index is 2.18. The molecule has 3 aromatic rings. The van der Waals surface area contributed by atoms with Gasteiger partial charge in [-0.3, -0.25) is 10.2 Å². The maximum absolute atomic E-state index is 11.8. The zero-order valence-electron chi connectivity index (χ0n) is 13.4. The molecule has 1 amide bonds. The van der Waals surface area contributed by atoms with Crippen LogP contribution in [-0.2, 0) is 11.3 Å². The van der Waals surface area contributed by atoms with Crippen molar-refractivity contribution in [2.45, 2.75) is 6.54 Å². The van der Waals surface area contributed by atoms with Crippen LogP contribution in [0.2, 0.25) is 0 Å². The first-order valence-electron chi connectivity index (χ1n) is 7.35. The van der Waals surface area contributed by atoms with Gasteiger partial charge in [-0.25, -0.2) is 10.8 Å². The molecule has 24 heavy (non-hydrogen) atoms. The van der Waals surface area contributed by atoms with Crippen LogP contribution in [0.5, 0.6) is 11.5 Å². The molecule has 0 saturated heterocycles. The standard InChI is InChI=1S/C17H18N4O3/c1-23-14-8-7-11(9-15(14)24-2)17-19-12-5-3-4-6-13(12)21(17)10-16(22)20-18/h3-9H,10,18H2,1-2H3,(H,20,22). The van der Waals surface area contributed by atoms with Gasteiger partial charge in [0.15, 0.2) is 11.5 Å². The monoisotopic (exact) mass is 326 g/mol. The first kappa shape index (κ1) is 15.8. The van der Waals surface area contributed by atoms with Crippen LogP contribution >= 0.6 is 0 Å². The number of hydrazine groups is 1. The van der Waals surface area contributed by atoms with Crippen molar-refractivity contribution >= 4 is 16.9 Å². The number of rotatable bonds is 5. The van der Waals surface area contributed by atoms with Crippen molar-refractivity contribution < 1.29 is 14.3 Å². The van der Waals surface area contributed by atoms with Crippen LogP contribution in [0.3, 0.4) is 0 Å². The average Bonchev–Trinajstić information content (AvgIpc) is 2.99. The Hall–Kier alpha value is -3.06. The topological polar surface area (TPSA) is 91.4 Å². The van der Waals surface area contributed by atoms with Gasteiger partial charge in [0.05, 0.1) is 25.3 Å². The number of imidazole rings is 1. The number of carbonyl (C=O) groups is 1. The molecule has 0 aliphatic rings. The Morgan fingerprint density at radius 3 is 2.62 bits per heavy atom. The van der Waals surface area contributed by atoms with Crippen LogP contribution < -0.4 is 20.7 Å². The molecule has 0 radical (unpaired) electrons. The van der Waals surface area contributed by atoms with Crippen molar-refractivity contribution in [1.82, 2.24) is 15.0 Å². The van der Waals surface area contributed by atoms with Crippen LogP contribution in [0.15, 0.2) is 42.5 Å². The number of hydrogen-bond acceptors (Lipinski definition) is 5. The number of methoxy groups -OCH3 is 2. The number of ether oxygens (including phenoxy) is 2. The summed E-state index contributed by atoms with van der Waals surface area (Å²) in [6.45, 7) is 0.0701. The third-order valence-electron chi connectivity index (χ3n) is 3.76. The summed E-state index contributed by atoms with van der Waals surface area (Å²) < 4.78 is 12.4. The van der Waals surface area contributed by atoms with Crippen LogP contribution in [0.4, 0.5) is 0 Å². The summed E-state index contributed by atoms with van der Waals surface area (Å²) in [4.78, 5) is 16.4. The highest BCUT2D eigenvalue weighted by atomic mass is 16.5. The van der Waals surface area contributed by atoms with Gasteiger partial charge in [0.2, 0.25) is 0 Å². The second-order valence-electron chi connectivity index (χ2n) is 5.15. The Bertz CT molecular complexity index is 889. The number of nitrogens with one attached hydrogen (secondary N) is 1. The molecule has 0 saturated carbocycles. The Labute approximate surface area is 139 Å². The van der Waals surface area contributed by atoms with E-state index in [0.717, 1.165) is 16.6 Å². The van der Waals surface area contributed by atoms with Crippen molar-refractivity contribution in [2.75, 3.05) is 14.2 Å². The number of aromatic nitrogens is 2. The van der Waals surface area contributed by atoms with Crippen molar-refractivity contribution in [1.29, 1.82) is 0 Å². The number of nitrogens with two attached hydrogens (primary N) is 1. The minimum absolute atomic E-state index is 0.0701. The Kier molecular flexibility index (Phi) is 4.35. The summed E-state index contributed by atoms with van der Waals surface area (Å²) >= 11 is 0. The van der Waals surface area contributed by atoms with E-state index in [4.69, 9.17) is 15.3 Å². The molecule has 2 aromatic carbocycles. The van der Waals surface area contributed by atoms with E-state index in [1.807, 2.05) is 41.0 Å². The first-order valence-corrected chi connectivity index (χ1v) is 7.35. The predicted molar refractivity (Wildman–Crippen MR) is 90.6 cm³/mol. The fourth-order valence-electron chi connectivity index (χ4n) is 2.62. The Morgan fingerprint density at radius 2 is 1.92 bits per heavy atom. The molecule has 0 fully saturated rings. The lowest BCUT2D eigenvalue weighted by Crippen LogP contribution is -2.33. The number of benzene rings is 2. The average molecular weight is 326 g/mol. The molecule has 1 heterocycles. The van der Waals surface area contributed by atoms with Crippen LogP contribution in [0.1, 0.15) is 0 Å². The fraction of sp³-hybridized carbons (Fsp3) is 0.176.